The lowest BCUT2D eigenvalue weighted by atomic mass is 10.1. The van der Waals surface area contributed by atoms with Gasteiger partial charge in [-0.1, -0.05) is 29.8 Å². The van der Waals surface area contributed by atoms with E-state index in [2.05, 4.69) is 31.2 Å². The lowest BCUT2D eigenvalue weighted by Gasteiger charge is -2.23. The summed E-state index contributed by atoms with van der Waals surface area (Å²) in [4.78, 5) is 19.8. The molecule has 0 aliphatic carbocycles. The van der Waals surface area contributed by atoms with Gasteiger partial charge in [0.15, 0.2) is 5.13 Å². The summed E-state index contributed by atoms with van der Waals surface area (Å²) in [5, 5.41) is 2.70. The van der Waals surface area contributed by atoms with E-state index in [0.29, 0.717) is 17.2 Å². The summed E-state index contributed by atoms with van der Waals surface area (Å²) >= 11 is 1.48. The van der Waals surface area contributed by atoms with E-state index in [4.69, 9.17) is 14.5 Å². The maximum Gasteiger partial charge on any atom is 0.260 e. The number of aryl methyl sites for hydroxylation is 1. The second-order valence-electron chi connectivity index (χ2n) is 7.16. The van der Waals surface area contributed by atoms with Crippen molar-refractivity contribution in [3.63, 3.8) is 0 Å². The van der Waals surface area contributed by atoms with Gasteiger partial charge in [-0.2, -0.15) is 0 Å². The van der Waals surface area contributed by atoms with Gasteiger partial charge in [-0.25, -0.2) is 4.98 Å². The third-order valence-electron chi connectivity index (χ3n) is 5.06. The molecule has 1 saturated heterocycles. The zero-order valence-corrected chi connectivity index (χ0v) is 17.4. The third-order valence-corrected chi connectivity index (χ3v) is 5.93. The number of nitrogens with zero attached hydrogens (tertiary/aromatic N) is 2. The number of rotatable bonds is 6. The number of carbonyl (C=O) groups excluding carboxylic acids is 1. The molecule has 0 unspecified atom stereocenters. The fraction of sp³-hybridized carbons (Fsp3) is 0.304. The van der Waals surface area contributed by atoms with Crippen molar-refractivity contribution < 1.29 is 14.3 Å². The predicted octanol–water partition coefficient (Wildman–Crippen LogP) is 4.95. The Kier molecular flexibility index (Phi) is 5.92. The Morgan fingerprint density at radius 2 is 1.97 bits per heavy atom. The van der Waals surface area contributed by atoms with Crippen molar-refractivity contribution in [3.05, 3.63) is 65.0 Å². The molecular weight excluding hydrogens is 384 g/mol. The van der Waals surface area contributed by atoms with Crippen LogP contribution in [-0.4, -0.2) is 37.3 Å². The van der Waals surface area contributed by atoms with Crippen molar-refractivity contribution in [1.82, 2.24) is 4.98 Å². The van der Waals surface area contributed by atoms with Gasteiger partial charge in [-0.15, -0.1) is 11.3 Å². The molecule has 2 heterocycles. The van der Waals surface area contributed by atoms with E-state index in [1.807, 2.05) is 5.38 Å². The summed E-state index contributed by atoms with van der Waals surface area (Å²) in [6.45, 7) is 3.32. The highest BCUT2D eigenvalue weighted by atomic mass is 32.1. The van der Waals surface area contributed by atoms with Crippen molar-refractivity contribution >= 4 is 22.4 Å². The molecule has 5 nitrogen and oxygen atoms in total. The van der Waals surface area contributed by atoms with Crippen LogP contribution < -0.4 is 9.64 Å². The number of hydrogen-bond acceptors (Lipinski definition) is 5. The highest BCUT2D eigenvalue weighted by Crippen LogP contribution is 2.30. The Morgan fingerprint density at radius 3 is 2.62 bits per heavy atom. The van der Waals surface area contributed by atoms with Crippen LogP contribution >= 0.6 is 11.3 Å². The molecule has 1 atom stereocenters. The molecule has 1 amide bonds. The molecule has 1 aliphatic heterocycles. The second-order valence-corrected chi connectivity index (χ2v) is 8.00. The van der Waals surface area contributed by atoms with Gasteiger partial charge in [0, 0.05) is 23.1 Å². The number of thiazole rings is 1. The van der Waals surface area contributed by atoms with Gasteiger partial charge in [0.2, 0.25) is 0 Å². The van der Waals surface area contributed by atoms with Crippen molar-refractivity contribution in [2.24, 2.45) is 0 Å². The minimum absolute atomic E-state index is 0.0453. The summed E-state index contributed by atoms with van der Waals surface area (Å²) < 4.78 is 11.0. The first kappa shape index (κ1) is 19.6. The van der Waals surface area contributed by atoms with E-state index in [-0.39, 0.29) is 12.0 Å². The van der Waals surface area contributed by atoms with E-state index < -0.39 is 0 Å². The van der Waals surface area contributed by atoms with Crippen LogP contribution in [0.15, 0.2) is 53.9 Å². The van der Waals surface area contributed by atoms with Gasteiger partial charge < -0.3 is 9.47 Å². The van der Waals surface area contributed by atoms with E-state index >= 15 is 0 Å². The van der Waals surface area contributed by atoms with Gasteiger partial charge in [-0.05, 0) is 44.0 Å². The fourth-order valence-corrected chi connectivity index (χ4v) is 4.22. The normalized spacial score (nSPS) is 16.0. The number of ether oxygens (including phenoxy) is 2. The van der Waals surface area contributed by atoms with Crippen LogP contribution in [0.4, 0.5) is 5.13 Å². The van der Waals surface area contributed by atoms with Crippen LogP contribution in [-0.2, 0) is 4.74 Å². The SMILES string of the molecule is COc1ccc(C(=O)N(C[C@@H]2CCCO2)c2nc(-c3ccc(C)cc3)cs2)cc1. The largest absolute Gasteiger partial charge is 0.497 e. The quantitative estimate of drug-likeness (QED) is 0.579. The molecule has 0 radical (unpaired) electrons. The highest BCUT2D eigenvalue weighted by molar-refractivity contribution is 7.14. The lowest BCUT2D eigenvalue weighted by Crippen LogP contribution is -2.37. The van der Waals surface area contributed by atoms with E-state index in [9.17, 15) is 4.79 Å². The van der Waals surface area contributed by atoms with Crippen LogP contribution in [0.25, 0.3) is 11.3 Å². The van der Waals surface area contributed by atoms with Crippen LogP contribution in [0.1, 0.15) is 28.8 Å². The number of carbonyl (C=O) groups is 1. The average Bonchev–Trinajstić information content (AvgIpc) is 3.44. The molecule has 0 N–H and O–H groups in total. The molecule has 0 spiro atoms. The molecule has 1 fully saturated rings. The third kappa shape index (κ3) is 4.49. The smallest absolute Gasteiger partial charge is 0.260 e. The Morgan fingerprint density at radius 1 is 1.21 bits per heavy atom. The van der Waals surface area contributed by atoms with Crippen molar-refractivity contribution in [3.8, 4) is 17.0 Å². The van der Waals surface area contributed by atoms with Crippen LogP contribution in [0.3, 0.4) is 0 Å². The molecule has 6 heteroatoms. The Bertz CT molecular complexity index is 961. The van der Waals surface area contributed by atoms with Crippen molar-refractivity contribution in [2.75, 3.05) is 25.2 Å². The van der Waals surface area contributed by atoms with Gasteiger partial charge in [0.25, 0.3) is 5.91 Å². The standard InChI is InChI=1S/C23H24N2O3S/c1-16-5-7-17(8-6-16)21-15-29-23(24-21)25(14-20-4-3-13-28-20)22(26)18-9-11-19(27-2)12-10-18/h5-12,15,20H,3-4,13-14H2,1-2H3/t20-/m0/s1. The number of hydrogen-bond donors (Lipinski definition) is 0. The Hall–Kier alpha value is -2.70. The summed E-state index contributed by atoms with van der Waals surface area (Å²) in [7, 11) is 1.61. The first-order valence-corrected chi connectivity index (χ1v) is 10.6. The zero-order valence-electron chi connectivity index (χ0n) is 16.6. The molecule has 1 aromatic heterocycles. The number of aromatic nitrogens is 1. The predicted molar refractivity (Wildman–Crippen MR) is 116 cm³/mol. The summed E-state index contributed by atoms with van der Waals surface area (Å²) in [5.74, 6) is 0.649. The monoisotopic (exact) mass is 408 g/mol. The lowest BCUT2D eigenvalue weighted by molar-refractivity contribution is 0.0917. The molecule has 2 aromatic carbocycles. The average molecular weight is 409 g/mol. The number of methoxy groups -OCH3 is 1. The molecule has 150 valence electrons. The number of anilines is 1. The van der Waals surface area contributed by atoms with Gasteiger partial charge in [-0.3, -0.25) is 9.69 Å². The second kappa shape index (κ2) is 8.76. The summed E-state index contributed by atoms with van der Waals surface area (Å²) in [6.07, 6.45) is 2.04. The van der Waals surface area contributed by atoms with E-state index in [0.717, 1.165) is 36.5 Å². The summed E-state index contributed by atoms with van der Waals surface area (Å²) in [6, 6.07) is 15.4. The maximum absolute atomic E-state index is 13.3. The highest BCUT2D eigenvalue weighted by Gasteiger charge is 2.27. The zero-order chi connectivity index (χ0) is 20.2. The number of benzene rings is 2. The van der Waals surface area contributed by atoms with Crippen molar-refractivity contribution in [1.29, 1.82) is 0 Å². The van der Waals surface area contributed by atoms with Crippen molar-refractivity contribution in [2.45, 2.75) is 25.9 Å². The molecule has 3 aromatic rings. The first-order valence-electron chi connectivity index (χ1n) is 9.74. The van der Waals surface area contributed by atoms with Gasteiger partial charge in [0.1, 0.15) is 5.75 Å². The Labute approximate surface area is 174 Å². The topological polar surface area (TPSA) is 51.7 Å². The van der Waals surface area contributed by atoms with Crippen LogP contribution in [0.2, 0.25) is 0 Å². The minimum atomic E-state index is -0.0760. The maximum atomic E-state index is 13.3. The molecule has 0 bridgehead atoms. The molecule has 1 aliphatic rings. The minimum Gasteiger partial charge on any atom is -0.497 e. The summed E-state index contributed by atoms with van der Waals surface area (Å²) in [5.41, 5.74) is 3.74. The van der Waals surface area contributed by atoms with E-state index in [1.165, 1.54) is 16.9 Å². The molecular formula is C23H24N2O3S. The van der Waals surface area contributed by atoms with Gasteiger partial charge in [0.05, 0.1) is 25.5 Å². The number of amides is 1. The first-order chi connectivity index (χ1) is 14.1. The molecule has 0 saturated carbocycles. The van der Waals surface area contributed by atoms with Gasteiger partial charge >= 0.3 is 0 Å². The van der Waals surface area contributed by atoms with Crippen LogP contribution in [0, 0.1) is 6.92 Å². The molecule has 29 heavy (non-hydrogen) atoms. The Balaban J connectivity index is 1.62. The fourth-order valence-electron chi connectivity index (χ4n) is 3.37. The van der Waals surface area contributed by atoms with E-state index in [1.54, 1.807) is 36.3 Å². The van der Waals surface area contributed by atoms with Crippen LogP contribution in [0.5, 0.6) is 5.75 Å². The molecule has 4 rings (SSSR count).